The molecule has 0 saturated heterocycles. The van der Waals surface area contributed by atoms with Crippen LogP contribution in [0.2, 0.25) is 0 Å². The molecule has 0 aromatic carbocycles. The lowest BCUT2D eigenvalue weighted by Crippen LogP contribution is -2.24. The third kappa shape index (κ3) is 3.15. The number of nitrogens with one attached hydrogen (secondary N) is 2. The molecule has 5 rings (SSSR count). The largest absolute Gasteiger partial charge is 0.325 e. The summed E-state index contributed by atoms with van der Waals surface area (Å²) >= 11 is 1.61. The van der Waals surface area contributed by atoms with Gasteiger partial charge in [0.2, 0.25) is 0 Å². The molecule has 4 aromatic rings. The summed E-state index contributed by atoms with van der Waals surface area (Å²) in [5, 5.41) is 7.58. The van der Waals surface area contributed by atoms with Crippen molar-refractivity contribution < 1.29 is 0 Å². The van der Waals surface area contributed by atoms with Gasteiger partial charge in [-0.05, 0) is 43.1 Å². The van der Waals surface area contributed by atoms with Crippen molar-refractivity contribution in [2.45, 2.75) is 19.9 Å². The van der Waals surface area contributed by atoms with Gasteiger partial charge >= 0.3 is 0 Å². The lowest BCUT2D eigenvalue weighted by molar-refractivity contribution is 0.628. The van der Waals surface area contributed by atoms with Crippen molar-refractivity contribution in [3.05, 3.63) is 59.5 Å². The zero-order valence-corrected chi connectivity index (χ0v) is 15.7. The Labute approximate surface area is 160 Å². The average Bonchev–Trinajstić information content (AvgIpc) is 3.11. The maximum Gasteiger partial charge on any atom is 0.143 e. The van der Waals surface area contributed by atoms with E-state index in [4.69, 9.17) is 9.97 Å². The van der Waals surface area contributed by atoms with E-state index in [0.717, 1.165) is 63.3 Å². The number of pyridine rings is 3. The summed E-state index contributed by atoms with van der Waals surface area (Å²) in [6.45, 7) is 3.88. The van der Waals surface area contributed by atoms with E-state index in [1.54, 1.807) is 17.5 Å². The lowest BCUT2D eigenvalue weighted by Gasteiger charge is -2.17. The van der Waals surface area contributed by atoms with Gasteiger partial charge in [0.25, 0.3) is 0 Å². The molecule has 1 aliphatic heterocycles. The Morgan fingerprint density at radius 3 is 3.00 bits per heavy atom. The van der Waals surface area contributed by atoms with Gasteiger partial charge in [-0.1, -0.05) is 12.1 Å². The van der Waals surface area contributed by atoms with E-state index in [9.17, 15) is 0 Å². The number of aromatic nitrogens is 4. The molecule has 0 aliphatic carbocycles. The molecule has 0 amide bonds. The lowest BCUT2D eigenvalue weighted by atomic mass is 10.1. The predicted molar refractivity (Wildman–Crippen MR) is 108 cm³/mol. The Bertz CT molecular complexity index is 1140. The van der Waals surface area contributed by atoms with Crippen LogP contribution in [0.4, 0.5) is 11.6 Å². The molecule has 0 spiro atoms. The van der Waals surface area contributed by atoms with Gasteiger partial charge in [0.1, 0.15) is 22.3 Å². The zero-order valence-electron chi connectivity index (χ0n) is 14.9. The van der Waals surface area contributed by atoms with Gasteiger partial charge in [-0.3, -0.25) is 4.98 Å². The third-order valence-corrected chi connectivity index (χ3v) is 5.69. The van der Waals surface area contributed by atoms with Crippen LogP contribution in [-0.2, 0) is 13.0 Å². The van der Waals surface area contributed by atoms with Crippen molar-refractivity contribution in [3.63, 3.8) is 0 Å². The number of anilines is 2. The minimum atomic E-state index is 0.744. The first-order valence-electron chi connectivity index (χ1n) is 8.91. The van der Waals surface area contributed by atoms with Crippen LogP contribution in [0, 0.1) is 6.92 Å². The third-order valence-electron chi connectivity index (χ3n) is 4.68. The van der Waals surface area contributed by atoms with E-state index < -0.39 is 0 Å². The Morgan fingerprint density at radius 2 is 2.07 bits per heavy atom. The second kappa shape index (κ2) is 6.68. The number of hydrogen-bond acceptors (Lipinski definition) is 7. The predicted octanol–water partition coefficient (Wildman–Crippen LogP) is 3.85. The molecule has 134 valence electrons. The van der Waals surface area contributed by atoms with Gasteiger partial charge in [0.05, 0.1) is 15.9 Å². The fraction of sp³-hybridized carbons (Fsp3) is 0.200. The van der Waals surface area contributed by atoms with Crippen LogP contribution in [0.3, 0.4) is 0 Å². The Hall–Kier alpha value is -2.90. The Balaban J connectivity index is 1.45. The number of nitrogens with zero attached hydrogens (tertiary/aromatic N) is 4. The molecular weight excluding hydrogens is 356 g/mol. The van der Waals surface area contributed by atoms with E-state index in [2.05, 4.69) is 39.7 Å². The zero-order chi connectivity index (χ0) is 18.2. The summed E-state index contributed by atoms with van der Waals surface area (Å²) in [6, 6.07) is 10.1. The first-order chi connectivity index (χ1) is 13.3. The maximum atomic E-state index is 4.76. The monoisotopic (exact) mass is 374 g/mol. The van der Waals surface area contributed by atoms with Crippen molar-refractivity contribution in [1.29, 1.82) is 0 Å². The van der Waals surface area contributed by atoms with E-state index >= 15 is 0 Å². The topological polar surface area (TPSA) is 75.6 Å². The first kappa shape index (κ1) is 16.3. The molecule has 0 bridgehead atoms. The highest BCUT2D eigenvalue weighted by atomic mass is 32.1. The number of hydrogen-bond donors (Lipinski definition) is 2. The molecule has 6 nitrogen and oxygen atoms in total. The highest BCUT2D eigenvalue weighted by molar-refractivity contribution is 7.21. The van der Waals surface area contributed by atoms with E-state index in [1.807, 2.05) is 24.4 Å². The van der Waals surface area contributed by atoms with Crippen molar-refractivity contribution in [2.75, 3.05) is 11.9 Å². The molecule has 27 heavy (non-hydrogen) atoms. The summed E-state index contributed by atoms with van der Waals surface area (Å²) in [4.78, 5) is 18.5. The minimum absolute atomic E-state index is 0.744. The molecule has 0 unspecified atom stereocenters. The molecule has 0 radical (unpaired) electrons. The second-order valence-corrected chi connectivity index (χ2v) is 7.61. The van der Waals surface area contributed by atoms with Crippen LogP contribution >= 0.6 is 11.3 Å². The summed E-state index contributed by atoms with van der Waals surface area (Å²) in [5.41, 5.74) is 5.38. The second-order valence-electron chi connectivity index (χ2n) is 6.58. The molecule has 0 saturated carbocycles. The molecule has 1 aliphatic rings. The molecule has 0 fully saturated rings. The van der Waals surface area contributed by atoms with Crippen LogP contribution < -0.4 is 10.6 Å². The van der Waals surface area contributed by atoms with E-state index in [-0.39, 0.29) is 0 Å². The van der Waals surface area contributed by atoms with Crippen LogP contribution in [-0.4, -0.2) is 26.5 Å². The number of fused-ring (bicyclic) bond motifs is 2. The summed E-state index contributed by atoms with van der Waals surface area (Å²) in [7, 11) is 0. The van der Waals surface area contributed by atoms with E-state index in [1.165, 1.54) is 5.56 Å². The summed E-state index contributed by atoms with van der Waals surface area (Å²) in [6.07, 6.45) is 4.69. The van der Waals surface area contributed by atoms with Crippen LogP contribution in [0.1, 0.15) is 16.8 Å². The van der Waals surface area contributed by atoms with E-state index in [0.29, 0.717) is 0 Å². The van der Waals surface area contributed by atoms with Crippen molar-refractivity contribution in [2.24, 2.45) is 0 Å². The van der Waals surface area contributed by atoms with Gasteiger partial charge < -0.3 is 10.6 Å². The van der Waals surface area contributed by atoms with Gasteiger partial charge in [-0.15, -0.1) is 11.3 Å². The van der Waals surface area contributed by atoms with Crippen LogP contribution in [0.5, 0.6) is 0 Å². The highest BCUT2D eigenvalue weighted by Gasteiger charge is 2.13. The number of thiazole rings is 1. The van der Waals surface area contributed by atoms with Gasteiger partial charge in [-0.25, -0.2) is 15.0 Å². The molecule has 5 heterocycles. The highest BCUT2D eigenvalue weighted by Crippen LogP contribution is 2.31. The average molecular weight is 374 g/mol. The smallest absolute Gasteiger partial charge is 0.143 e. The molecule has 7 heteroatoms. The minimum Gasteiger partial charge on any atom is -0.325 e. The van der Waals surface area contributed by atoms with Crippen LogP contribution in [0.25, 0.3) is 20.9 Å². The van der Waals surface area contributed by atoms with Crippen molar-refractivity contribution >= 4 is 33.2 Å². The SMILES string of the molecule is Cc1cccnc1-c1nc2cc(Nc3ccc4c(n3)CNCC4)ncc2s1. The van der Waals surface area contributed by atoms with Gasteiger partial charge in [0, 0.05) is 25.0 Å². The van der Waals surface area contributed by atoms with Crippen LogP contribution in [0.15, 0.2) is 42.7 Å². The van der Waals surface area contributed by atoms with Gasteiger partial charge in [-0.2, -0.15) is 0 Å². The number of rotatable bonds is 3. The molecule has 0 atom stereocenters. The normalized spacial score (nSPS) is 13.5. The van der Waals surface area contributed by atoms with Crippen molar-refractivity contribution in [3.8, 4) is 10.7 Å². The molecule has 2 N–H and O–H groups in total. The quantitative estimate of drug-likeness (QED) is 0.567. The Morgan fingerprint density at radius 1 is 1.11 bits per heavy atom. The standard InChI is InChI=1S/C20H18N6S/c1-12-3-2-7-22-19(12)20-25-14-9-18(23-11-16(14)27-20)26-17-5-4-13-6-8-21-10-15(13)24-17/h2-5,7,9,11,21H,6,8,10H2,1H3,(H,23,24,26). The fourth-order valence-electron chi connectivity index (χ4n) is 3.26. The fourth-order valence-corrected chi connectivity index (χ4v) is 4.23. The number of aryl methyl sites for hydroxylation is 1. The molecular formula is C20H18N6S. The van der Waals surface area contributed by atoms with Crippen molar-refractivity contribution in [1.82, 2.24) is 25.3 Å². The Kier molecular flexibility index (Phi) is 4.03. The summed E-state index contributed by atoms with van der Waals surface area (Å²) in [5.74, 6) is 1.55. The first-order valence-corrected chi connectivity index (χ1v) is 9.73. The molecule has 4 aromatic heterocycles. The maximum absolute atomic E-state index is 4.76. The van der Waals surface area contributed by atoms with Gasteiger partial charge in [0.15, 0.2) is 0 Å². The summed E-state index contributed by atoms with van der Waals surface area (Å²) < 4.78 is 1.04.